The average molecular weight is 489 g/mol. The highest BCUT2D eigenvalue weighted by Crippen LogP contribution is 2.21. The van der Waals surface area contributed by atoms with Crippen LogP contribution in [0.4, 0.5) is 17.3 Å². The quantitative estimate of drug-likeness (QED) is 0.279. The number of aromatic nitrogens is 3. The Bertz CT molecular complexity index is 810. The predicted octanol–water partition coefficient (Wildman–Crippen LogP) is 1.39. The number of carboxylic acids is 1. The van der Waals surface area contributed by atoms with E-state index in [9.17, 15) is 10.2 Å². The lowest BCUT2D eigenvalue weighted by atomic mass is 10.2. The monoisotopic (exact) mass is 488 g/mol. The molecule has 32 heavy (non-hydrogen) atoms. The van der Waals surface area contributed by atoms with Crippen molar-refractivity contribution in [1.29, 1.82) is 0 Å². The van der Waals surface area contributed by atoms with E-state index in [0.29, 0.717) is 11.6 Å². The predicted molar refractivity (Wildman–Crippen MR) is 121 cm³/mol. The number of carbonyl (C=O) groups is 1. The summed E-state index contributed by atoms with van der Waals surface area (Å²) in [5.74, 6) is -0.527. The Morgan fingerprint density at radius 3 is 2.22 bits per heavy atom. The van der Waals surface area contributed by atoms with Gasteiger partial charge in [0.1, 0.15) is 6.54 Å². The van der Waals surface area contributed by atoms with Crippen molar-refractivity contribution in [1.82, 2.24) is 9.78 Å². The summed E-state index contributed by atoms with van der Waals surface area (Å²) in [5, 5.41) is 41.4. The molecule has 1 aromatic heterocycles. The zero-order chi connectivity index (χ0) is 24.1. The van der Waals surface area contributed by atoms with Crippen molar-refractivity contribution >= 4 is 46.5 Å². The van der Waals surface area contributed by atoms with Gasteiger partial charge in [0.15, 0.2) is 0 Å². The fraction of sp³-hybridized carbons (Fsp3) is 0.550. The van der Waals surface area contributed by atoms with Crippen LogP contribution in [0.3, 0.4) is 0 Å². The van der Waals surface area contributed by atoms with Gasteiger partial charge in [-0.15, -0.1) is 27.9 Å². The van der Waals surface area contributed by atoms with E-state index in [2.05, 4.69) is 34.1 Å². The number of carboxylic acid groups (broad SMARTS) is 1. The number of nitrogens with zero attached hydrogens (tertiary/aromatic N) is 6. The van der Waals surface area contributed by atoms with Gasteiger partial charge >= 0.3 is 5.95 Å². The molecule has 1 heterocycles. The van der Waals surface area contributed by atoms with Gasteiger partial charge in [-0.2, -0.15) is 0 Å². The number of aliphatic hydroxyl groups is 2. The molecule has 2 atom stereocenters. The highest BCUT2D eigenvalue weighted by molar-refractivity contribution is 6.18. The Labute approximate surface area is 197 Å². The second-order valence-electron chi connectivity index (χ2n) is 6.76. The largest absolute Gasteiger partial charge is 0.550 e. The molecule has 178 valence electrons. The van der Waals surface area contributed by atoms with Crippen molar-refractivity contribution in [2.45, 2.75) is 46.1 Å². The summed E-state index contributed by atoms with van der Waals surface area (Å²) in [4.78, 5) is 11.1. The molecule has 0 aliphatic heterocycles. The van der Waals surface area contributed by atoms with Crippen LogP contribution < -0.4 is 14.6 Å². The molecule has 0 amide bonds. The number of carbonyl (C=O) groups excluding carboxylic acids is 1. The van der Waals surface area contributed by atoms with Crippen molar-refractivity contribution < 1.29 is 24.7 Å². The van der Waals surface area contributed by atoms with Crippen LogP contribution >= 0.6 is 23.2 Å². The molecule has 2 aromatic rings. The molecule has 1 aromatic carbocycles. The summed E-state index contributed by atoms with van der Waals surface area (Å²) in [5.41, 5.74) is 1.81. The van der Waals surface area contributed by atoms with E-state index >= 15 is 0 Å². The molecule has 0 bridgehead atoms. The molecule has 0 fully saturated rings. The smallest absolute Gasteiger partial charge is 0.403 e. The molecule has 0 aliphatic carbocycles. The number of azo groups is 1. The number of halogens is 2. The summed E-state index contributed by atoms with van der Waals surface area (Å²) >= 11 is 11.4. The number of aliphatic carboxylic acids is 1. The number of hydrogen-bond acceptors (Lipinski definition) is 8. The van der Waals surface area contributed by atoms with E-state index < -0.39 is 18.2 Å². The van der Waals surface area contributed by atoms with Crippen molar-refractivity contribution in [3.8, 4) is 0 Å². The van der Waals surface area contributed by atoms with Crippen LogP contribution in [0, 0.1) is 0 Å². The van der Waals surface area contributed by atoms with E-state index in [0.717, 1.165) is 25.7 Å². The van der Waals surface area contributed by atoms with Gasteiger partial charge in [-0.05, 0) is 50.1 Å². The summed E-state index contributed by atoms with van der Waals surface area (Å²) in [6.45, 7) is 7.45. The maximum Gasteiger partial charge on any atom is 0.403 e. The first-order valence-corrected chi connectivity index (χ1v) is 11.2. The molecule has 2 rings (SSSR count). The fourth-order valence-corrected chi connectivity index (χ4v) is 2.88. The van der Waals surface area contributed by atoms with E-state index in [1.807, 2.05) is 24.3 Å². The minimum Gasteiger partial charge on any atom is -0.550 e. The van der Waals surface area contributed by atoms with Crippen molar-refractivity contribution in [3.05, 3.63) is 30.6 Å². The Morgan fingerprint density at radius 1 is 1.16 bits per heavy atom. The summed E-state index contributed by atoms with van der Waals surface area (Å²) in [6, 6.07) is 7.79. The number of alkyl halides is 2. The normalized spacial score (nSPS) is 12.8. The van der Waals surface area contributed by atoms with Crippen LogP contribution in [0.5, 0.6) is 0 Å². The zero-order valence-electron chi connectivity index (χ0n) is 18.4. The maximum absolute atomic E-state index is 9.85. The SMILES string of the molecule is CC(=O)[O-].CCN(CC)c1ccc(N=Nc2n(CC(O)CCl)nc[n+]2CC(O)CCl)cc1. The third kappa shape index (κ3) is 9.47. The summed E-state index contributed by atoms with van der Waals surface area (Å²) < 4.78 is 3.14. The molecule has 0 aliphatic rings. The summed E-state index contributed by atoms with van der Waals surface area (Å²) in [7, 11) is 0. The van der Waals surface area contributed by atoms with Crippen molar-refractivity contribution in [2.75, 3.05) is 29.7 Å². The lowest BCUT2D eigenvalue weighted by Crippen LogP contribution is -2.39. The summed E-state index contributed by atoms with van der Waals surface area (Å²) in [6.07, 6.45) is 0.00833. The molecule has 2 unspecified atom stereocenters. The Hall–Kier alpha value is -2.27. The van der Waals surface area contributed by atoms with Crippen LogP contribution in [-0.4, -0.2) is 63.0 Å². The van der Waals surface area contributed by atoms with Crippen LogP contribution in [-0.2, 0) is 17.9 Å². The number of hydrogen-bond donors (Lipinski definition) is 2. The van der Waals surface area contributed by atoms with Gasteiger partial charge in [0.25, 0.3) is 0 Å². The Morgan fingerprint density at radius 2 is 1.72 bits per heavy atom. The first-order valence-electron chi connectivity index (χ1n) is 10.1. The third-order valence-electron chi connectivity index (χ3n) is 4.20. The molecular formula is C20H30Cl2N6O4. The number of rotatable bonds is 11. The first-order chi connectivity index (χ1) is 15.2. The molecule has 0 saturated carbocycles. The molecule has 0 spiro atoms. The van der Waals surface area contributed by atoms with Crippen LogP contribution in [0.2, 0.25) is 0 Å². The van der Waals surface area contributed by atoms with Gasteiger partial charge in [-0.25, -0.2) is 4.57 Å². The lowest BCUT2D eigenvalue weighted by Gasteiger charge is -2.20. The zero-order valence-corrected chi connectivity index (χ0v) is 19.9. The molecule has 0 radical (unpaired) electrons. The van der Waals surface area contributed by atoms with Crippen molar-refractivity contribution in [2.24, 2.45) is 10.2 Å². The standard InChI is InChI=1S/C18H27Cl2N6O2.C2H4O2/c1-3-24(4-2)15-7-5-14(6-8-15)22-23-18-25(11-16(27)9-19)13-21-26(18)12-17(28)10-20;1-2(3)4/h5-8,13,16-17,27-28H,3-4,9-12H2,1-2H3;1H3,(H,3,4)/q+1;/p-1. The highest BCUT2D eigenvalue weighted by atomic mass is 35.5. The topological polar surface area (TPSA) is 130 Å². The van der Waals surface area contributed by atoms with Crippen LogP contribution in [0.15, 0.2) is 40.8 Å². The fourth-order valence-electron chi connectivity index (χ4n) is 2.69. The van der Waals surface area contributed by atoms with Crippen LogP contribution in [0.1, 0.15) is 20.8 Å². The Balaban J connectivity index is 0.00000118. The number of anilines is 1. The first kappa shape index (κ1) is 27.8. The molecule has 12 heteroatoms. The second kappa shape index (κ2) is 14.7. The van der Waals surface area contributed by atoms with Crippen LogP contribution in [0.25, 0.3) is 0 Å². The van der Waals surface area contributed by atoms with Gasteiger partial charge < -0.3 is 25.0 Å². The lowest BCUT2D eigenvalue weighted by molar-refractivity contribution is -0.691. The van der Waals surface area contributed by atoms with Gasteiger partial charge in [-0.1, -0.05) is 5.11 Å². The average Bonchev–Trinajstić information content (AvgIpc) is 3.14. The highest BCUT2D eigenvalue weighted by Gasteiger charge is 2.22. The van der Waals surface area contributed by atoms with E-state index in [1.165, 1.54) is 11.0 Å². The van der Waals surface area contributed by atoms with Gasteiger partial charge in [0, 0.05) is 29.9 Å². The number of aliphatic hydroxyl groups excluding tert-OH is 2. The molecule has 0 saturated heterocycles. The van der Waals surface area contributed by atoms with Gasteiger partial charge in [-0.3, -0.25) is 0 Å². The van der Waals surface area contributed by atoms with E-state index in [4.69, 9.17) is 33.1 Å². The minimum atomic E-state index is -1.08. The van der Waals surface area contributed by atoms with E-state index in [1.54, 1.807) is 4.57 Å². The van der Waals surface area contributed by atoms with Crippen molar-refractivity contribution in [3.63, 3.8) is 0 Å². The molecule has 10 nitrogen and oxygen atoms in total. The van der Waals surface area contributed by atoms with Gasteiger partial charge in [0.2, 0.25) is 6.33 Å². The Kier molecular flexibility index (Phi) is 12.8. The minimum absolute atomic E-state index is 0.0770. The maximum atomic E-state index is 9.85. The third-order valence-corrected chi connectivity index (χ3v) is 4.91. The molecule has 2 N–H and O–H groups in total. The van der Waals surface area contributed by atoms with Gasteiger partial charge in [0.05, 0.1) is 36.2 Å². The number of benzene rings is 1. The molecular weight excluding hydrogens is 459 g/mol. The van der Waals surface area contributed by atoms with E-state index in [-0.39, 0.29) is 24.8 Å². The second-order valence-corrected chi connectivity index (χ2v) is 7.38.